The van der Waals surface area contributed by atoms with Gasteiger partial charge in [-0.25, -0.2) is 8.78 Å². The second-order valence-corrected chi connectivity index (χ2v) is 4.93. The van der Waals surface area contributed by atoms with E-state index in [1.807, 2.05) is 7.05 Å². The molecule has 1 saturated heterocycles. The van der Waals surface area contributed by atoms with E-state index in [1.54, 1.807) is 13.1 Å². The van der Waals surface area contributed by atoms with Crippen LogP contribution in [0.3, 0.4) is 0 Å². The predicted molar refractivity (Wildman–Crippen MR) is 77.8 cm³/mol. The van der Waals surface area contributed by atoms with Crippen LogP contribution >= 0.6 is 0 Å². The summed E-state index contributed by atoms with van der Waals surface area (Å²) in [5, 5.41) is 3.23. The lowest BCUT2D eigenvalue weighted by atomic mass is 10.2. The van der Waals surface area contributed by atoms with Gasteiger partial charge < -0.3 is 15.0 Å². The second-order valence-electron chi connectivity index (χ2n) is 4.93. The Morgan fingerprint density at radius 2 is 2.29 bits per heavy atom. The highest BCUT2D eigenvalue weighted by Crippen LogP contribution is 2.14. The number of hydrogen-bond donors (Lipinski definition) is 1. The average molecular weight is 295 g/mol. The van der Waals surface area contributed by atoms with E-state index in [0.29, 0.717) is 11.9 Å². The van der Waals surface area contributed by atoms with Crippen LogP contribution in [0.5, 0.6) is 0 Å². The Balaban J connectivity index is 2.04. The van der Waals surface area contributed by atoms with Crippen molar-refractivity contribution in [1.82, 2.24) is 10.2 Å². The van der Waals surface area contributed by atoms with Gasteiger partial charge in [-0.05, 0) is 13.0 Å². The van der Waals surface area contributed by atoms with Gasteiger partial charge >= 0.3 is 0 Å². The van der Waals surface area contributed by atoms with E-state index < -0.39 is 11.6 Å². The zero-order chi connectivity index (χ0) is 15.4. The number of benzene rings is 1. The summed E-state index contributed by atoms with van der Waals surface area (Å²) >= 11 is 0. The van der Waals surface area contributed by atoms with Crippen LogP contribution in [0.15, 0.2) is 35.1 Å². The summed E-state index contributed by atoms with van der Waals surface area (Å²) in [6.45, 7) is 2.87. The maximum Gasteiger partial charge on any atom is 0.212 e. The molecule has 0 unspecified atom stereocenters. The molecule has 1 atom stereocenters. The highest BCUT2D eigenvalue weighted by molar-refractivity contribution is 5.88. The van der Waals surface area contributed by atoms with Crippen molar-refractivity contribution in [2.24, 2.45) is 4.99 Å². The van der Waals surface area contributed by atoms with Crippen LogP contribution in [-0.2, 0) is 11.3 Å². The van der Waals surface area contributed by atoms with E-state index in [1.165, 1.54) is 12.1 Å². The molecule has 0 radical (unpaired) electrons. The molecule has 1 aromatic rings. The molecule has 1 aliphatic heterocycles. The van der Waals surface area contributed by atoms with Crippen molar-refractivity contribution in [3.05, 3.63) is 47.3 Å². The van der Waals surface area contributed by atoms with E-state index >= 15 is 0 Å². The first kappa shape index (κ1) is 15.3. The first-order valence-corrected chi connectivity index (χ1v) is 6.73. The summed E-state index contributed by atoms with van der Waals surface area (Å²) in [6, 6.07) is 4.40. The Labute approximate surface area is 123 Å². The highest BCUT2D eigenvalue weighted by Gasteiger charge is 2.20. The normalized spacial score (nSPS) is 20.8. The van der Waals surface area contributed by atoms with E-state index in [2.05, 4.69) is 22.1 Å². The van der Waals surface area contributed by atoms with Gasteiger partial charge in [-0.2, -0.15) is 0 Å². The number of likely N-dealkylation sites (N-methyl/N-ethyl adjacent to an activating group) is 1. The molecule has 0 amide bonds. The van der Waals surface area contributed by atoms with Gasteiger partial charge in [0.05, 0.1) is 0 Å². The molecule has 6 heteroatoms. The minimum Gasteiger partial charge on any atom is -0.473 e. The van der Waals surface area contributed by atoms with Gasteiger partial charge in [0.25, 0.3) is 0 Å². The summed E-state index contributed by atoms with van der Waals surface area (Å²) in [7, 11) is 3.56. The Hall–Kier alpha value is -2.11. The van der Waals surface area contributed by atoms with Gasteiger partial charge in [0.2, 0.25) is 5.90 Å². The standard InChI is InChI=1S/C15H19F2N3O/c1-10-8-19-13(20(10)3)7-14(18-2)21-9-11-5-4-6-12(16)15(11)17/h4-7,10,19H,8-9H2,1-3H3/b13-7+,18-14?/t10-/m0/s1. The summed E-state index contributed by atoms with van der Waals surface area (Å²) in [5.74, 6) is -0.509. The smallest absolute Gasteiger partial charge is 0.212 e. The van der Waals surface area contributed by atoms with Crippen molar-refractivity contribution in [2.75, 3.05) is 20.6 Å². The number of hydrogen-bond acceptors (Lipinski definition) is 4. The lowest BCUT2D eigenvalue weighted by Gasteiger charge is -2.17. The Morgan fingerprint density at radius 1 is 1.52 bits per heavy atom. The molecule has 1 aromatic carbocycles. The van der Waals surface area contributed by atoms with Gasteiger partial charge in [0.1, 0.15) is 12.4 Å². The molecule has 1 heterocycles. The van der Waals surface area contributed by atoms with Crippen LogP contribution in [0, 0.1) is 11.6 Å². The molecule has 0 aliphatic carbocycles. The lowest BCUT2D eigenvalue weighted by molar-refractivity contribution is 0.285. The van der Waals surface area contributed by atoms with E-state index in [4.69, 9.17) is 4.74 Å². The molecule has 4 nitrogen and oxygen atoms in total. The monoisotopic (exact) mass is 295 g/mol. The number of nitrogens with one attached hydrogen (secondary N) is 1. The summed E-state index contributed by atoms with van der Waals surface area (Å²) in [4.78, 5) is 6.08. The van der Waals surface area contributed by atoms with E-state index in [9.17, 15) is 8.78 Å². The molecule has 1 N–H and O–H groups in total. The molecule has 21 heavy (non-hydrogen) atoms. The molecule has 0 spiro atoms. The predicted octanol–water partition coefficient (Wildman–Crippen LogP) is 2.27. The van der Waals surface area contributed by atoms with Crippen molar-refractivity contribution in [3.63, 3.8) is 0 Å². The van der Waals surface area contributed by atoms with Gasteiger partial charge in [-0.3, -0.25) is 4.99 Å². The third kappa shape index (κ3) is 3.51. The van der Waals surface area contributed by atoms with Crippen molar-refractivity contribution in [3.8, 4) is 0 Å². The van der Waals surface area contributed by atoms with Gasteiger partial charge in [0, 0.05) is 38.3 Å². The summed E-state index contributed by atoms with van der Waals surface area (Å²) in [6.07, 6.45) is 1.75. The maximum atomic E-state index is 13.5. The van der Waals surface area contributed by atoms with Crippen LogP contribution in [0.1, 0.15) is 12.5 Å². The fraction of sp³-hybridized carbons (Fsp3) is 0.400. The van der Waals surface area contributed by atoms with Gasteiger partial charge in [0.15, 0.2) is 11.6 Å². The molecule has 1 aliphatic rings. The number of ether oxygens (including phenoxy) is 1. The van der Waals surface area contributed by atoms with Crippen molar-refractivity contribution >= 4 is 5.90 Å². The molecule has 114 valence electrons. The van der Waals surface area contributed by atoms with Crippen LogP contribution in [0.25, 0.3) is 0 Å². The minimum absolute atomic E-state index is 0.0701. The SMILES string of the molecule is CN=C(/C=C1\NC[C@H](C)N1C)OCc1cccc(F)c1F. The van der Waals surface area contributed by atoms with Crippen LogP contribution in [0.4, 0.5) is 8.78 Å². The van der Waals surface area contributed by atoms with Crippen molar-refractivity contribution in [2.45, 2.75) is 19.6 Å². The molecule has 0 saturated carbocycles. The quantitative estimate of drug-likeness (QED) is 0.686. The van der Waals surface area contributed by atoms with Crippen molar-refractivity contribution < 1.29 is 13.5 Å². The maximum absolute atomic E-state index is 13.5. The number of halogens is 2. The van der Waals surface area contributed by atoms with Gasteiger partial charge in [-0.15, -0.1) is 0 Å². The van der Waals surface area contributed by atoms with Crippen LogP contribution in [0.2, 0.25) is 0 Å². The van der Waals surface area contributed by atoms with Gasteiger partial charge in [-0.1, -0.05) is 12.1 Å². The molecule has 2 rings (SSSR count). The van der Waals surface area contributed by atoms with Crippen molar-refractivity contribution in [1.29, 1.82) is 0 Å². The zero-order valence-corrected chi connectivity index (χ0v) is 12.4. The summed E-state index contributed by atoms with van der Waals surface area (Å²) in [5.41, 5.74) is 0.163. The minimum atomic E-state index is -0.884. The number of nitrogens with zero attached hydrogens (tertiary/aromatic N) is 2. The number of rotatable bonds is 3. The fourth-order valence-corrected chi connectivity index (χ4v) is 2.00. The largest absolute Gasteiger partial charge is 0.473 e. The first-order valence-electron chi connectivity index (χ1n) is 6.73. The van der Waals surface area contributed by atoms with Crippen LogP contribution < -0.4 is 5.32 Å². The highest BCUT2D eigenvalue weighted by atomic mass is 19.2. The zero-order valence-electron chi connectivity index (χ0n) is 12.4. The van der Waals surface area contributed by atoms with E-state index in [-0.39, 0.29) is 12.2 Å². The Kier molecular flexibility index (Phi) is 4.77. The first-order chi connectivity index (χ1) is 10.0. The topological polar surface area (TPSA) is 36.9 Å². The second kappa shape index (κ2) is 6.56. The lowest BCUT2D eigenvalue weighted by Crippen LogP contribution is -2.22. The van der Waals surface area contributed by atoms with E-state index in [0.717, 1.165) is 18.4 Å². The number of aliphatic imine (C=N–C) groups is 1. The Bertz CT molecular complexity index is 572. The molecule has 1 fully saturated rings. The third-order valence-corrected chi connectivity index (χ3v) is 3.51. The summed E-state index contributed by atoms with van der Waals surface area (Å²) < 4.78 is 32.1. The molecule has 0 aromatic heterocycles. The van der Waals surface area contributed by atoms with Crippen LogP contribution in [-0.4, -0.2) is 37.5 Å². The average Bonchev–Trinajstić information content (AvgIpc) is 2.79. The molecule has 0 bridgehead atoms. The Morgan fingerprint density at radius 3 is 2.90 bits per heavy atom. The molecular weight excluding hydrogens is 276 g/mol. The molecular formula is C15H19F2N3O. The fourth-order valence-electron chi connectivity index (χ4n) is 2.00. The third-order valence-electron chi connectivity index (χ3n) is 3.51.